The number of anilines is 4. The van der Waals surface area contributed by atoms with E-state index in [4.69, 9.17) is 9.47 Å². The summed E-state index contributed by atoms with van der Waals surface area (Å²) in [5.74, 6) is 0.844. The van der Waals surface area contributed by atoms with Crippen LogP contribution in [0.15, 0.2) is 67.5 Å². The van der Waals surface area contributed by atoms with Gasteiger partial charge < -0.3 is 30.4 Å². The number of nitrogens with one attached hydrogen (secondary N) is 4. The Balaban J connectivity index is 1.26. The molecule has 5 rings (SSSR count). The van der Waals surface area contributed by atoms with Crippen molar-refractivity contribution >= 4 is 40.1 Å². The van der Waals surface area contributed by atoms with Crippen LogP contribution < -0.4 is 20.7 Å². The van der Waals surface area contributed by atoms with Crippen molar-refractivity contribution in [2.24, 2.45) is 0 Å². The second-order valence-corrected chi connectivity index (χ2v) is 8.90. The molecule has 11 heteroatoms. The summed E-state index contributed by atoms with van der Waals surface area (Å²) < 4.78 is 11.2. The Morgan fingerprint density at radius 2 is 2.03 bits per heavy atom. The molecule has 2 aromatic carbocycles. The number of hydrogen-bond donors (Lipinski definition) is 4. The van der Waals surface area contributed by atoms with Crippen LogP contribution in [0.1, 0.15) is 6.42 Å². The number of aromatic nitrogens is 4. The fraction of sp³-hybridized carbons (Fsp3) is 0.259. The number of nitrogens with zero attached hydrogens (tertiary/aromatic N) is 4. The van der Waals surface area contributed by atoms with Gasteiger partial charge in [0.05, 0.1) is 12.9 Å². The van der Waals surface area contributed by atoms with Crippen molar-refractivity contribution in [3.8, 4) is 11.6 Å². The Hall–Kier alpha value is -4.48. The summed E-state index contributed by atoms with van der Waals surface area (Å²) in [6.45, 7) is 7.27. The number of likely N-dealkylation sites (tertiary alicyclic amines) is 1. The van der Waals surface area contributed by atoms with E-state index in [9.17, 15) is 4.79 Å². The molecule has 0 aliphatic carbocycles. The van der Waals surface area contributed by atoms with E-state index < -0.39 is 0 Å². The second kappa shape index (κ2) is 11.7. The van der Waals surface area contributed by atoms with Crippen molar-refractivity contribution in [1.82, 2.24) is 24.8 Å². The van der Waals surface area contributed by atoms with Gasteiger partial charge in [0.1, 0.15) is 11.3 Å². The molecule has 1 aliphatic heterocycles. The number of methoxy groups -OCH3 is 1. The zero-order chi connectivity index (χ0) is 26.3. The van der Waals surface area contributed by atoms with E-state index >= 15 is 0 Å². The van der Waals surface area contributed by atoms with Gasteiger partial charge in [-0.05, 0) is 48.9 Å². The summed E-state index contributed by atoms with van der Waals surface area (Å²) in [4.78, 5) is 30.4. The van der Waals surface area contributed by atoms with Crippen molar-refractivity contribution in [1.29, 1.82) is 0 Å². The van der Waals surface area contributed by atoms with E-state index in [0.29, 0.717) is 40.5 Å². The summed E-state index contributed by atoms with van der Waals surface area (Å²) >= 11 is 0. The third kappa shape index (κ3) is 6.25. The molecule has 4 aromatic rings. The molecule has 196 valence electrons. The Kier molecular flexibility index (Phi) is 7.76. The van der Waals surface area contributed by atoms with Gasteiger partial charge in [-0.1, -0.05) is 12.6 Å². The van der Waals surface area contributed by atoms with Crippen LogP contribution in [0.4, 0.5) is 23.0 Å². The molecular weight excluding hydrogens is 484 g/mol. The minimum Gasteiger partial charge on any atom is -0.437 e. The molecule has 1 unspecified atom stereocenters. The van der Waals surface area contributed by atoms with Crippen LogP contribution in [-0.4, -0.2) is 70.1 Å². The Morgan fingerprint density at radius 3 is 2.84 bits per heavy atom. The van der Waals surface area contributed by atoms with Gasteiger partial charge in [0, 0.05) is 55.9 Å². The maximum Gasteiger partial charge on any atom is 0.250 e. The number of ether oxygens (including phenoxy) is 2. The molecule has 0 radical (unpaired) electrons. The molecule has 11 nitrogen and oxygen atoms in total. The zero-order valence-corrected chi connectivity index (χ0v) is 21.1. The number of carbonyl (C=O) groups excluding carboxylic acids is 1. The molecule has 2 aromatic heterocycles. The van der Waals surface area contributed by atoms with Crippen LogP contribution in [0.3, 0.4) is 0 Å². The summed E-state index contributed by atoms with van der Waals surface area (Å²) in [7, 11) is 1.74. The zero-order valence-electron chi connectivity index (χ0n) is 21.1. The lowest BCUT2D eigenvalue weighted by atomic mass is 10.2. The van der Waals surface area contributed by atoms with Crippen molar-refractivity contribution in [2.75, 3.05) is 49.3 Å². The fourth-order valence-electron chi connectivity index (χ4n) is 4.27. The van der Waals surface area contributed by atoms with E-state index in [-0.39, 0.29) is 5.91 Å². The maximum absolute atomic E-state index is 11.6. The van der Waals surface area contributed by atoms with Crippen LogP contribution in [-0.2, 0) is 9.53 Å². The van der Waals surface area contributed by atoms with Gasteiger partial charge in [-0.15, -0.1) is 0 Å². The molecule has 1 saturated heterocycles. The first-order chi connectivity index (χ1) is 18.6. The van der Waals surface area contributed by atoms with E-state index in [1.54, 1.807) is 31.4 Å². The van der Waals surface area contributed by atoms with Crippen LogP contribution in [0.5, 0.6) is 11.6 Å². The van der Waals surface area contributed by atoms with Crippen molar-refractivity contribution in [3.63, 3.8) is 0 Å². The first-order valence-electron chi connectivity index (χ1n) is 12.4. The summed E-state index contributed by atoms with van der Waals surface area (Å²) in [5, 5.41) is 9.56. The van der Waals surface area contributed by atoms with E-state index in [2.05, 4.69) is 47.4 Å². The minimum atomic E-state index is -0.305. The number of imidazole rings is 1. The van der Waals surface area contributed by atoms with Gasteiger partial charge in [-0.25, -0.2) is 4.98 Å². The minimum absolute atomic E-state index is 0.305. The molecule has 1 aliphatic rings. The van der Waals surface area contributed by atoms with E-state index in [1.165, 1.54) is 12.4 Å². The van der Waals surface area contributed by atoms with Gasteiger partial charge in [0.25, 0.3) is 5.88 Å². The van der Waals surface area contributed by atoms with E-state index in [1.807, 2.05) is 24.3 Å². The lowest BCUT2D eigenvalue weighted by molar-refractivity contribution is -0.111. The largest absolute Gasteiger partial charge is 0.437 e. The van der Waals surface area contributed by atoms with Gasteiger partial charge in [-0.3, -0.25) is 9.69 Å². The number of benzene rings is 2. The van der Waals surface area contributed by atoms with Crippen LogP contribution in [0, 0.1) is 0 Å². The standard InChI is InChI=1S/C27H30N8O3/c1-3-23(36)31-20-5-4-6-22(15-20)38-26-24-25(29-17-28-24)33-27(34-26)32-19-9-7-18(8-10-19)30-21-11-12-35(16-21)13-14-37-2/h3-10,15,17,21,30H,1,11-14,16H2,2H3,(H,31,36)(H2,28,29,32,33,34). The van der Waals surface area contributed by atoms with Crippen molar-refractivity contribution in [3.05, 3.63) is 67.5 Å². The Labute approximate surface area is 220 Å². The summed E-state index contributed by atoms with van der Waals surface area (Å²) in [5.41, 5.74) is 3.50. The average molecular weight is 515 g/mol. The van der Waals surface area contributed by atoms with Crippen LogP contribution in [0.2, 0.25) is 0 Å². The maximum atomic E-state index is 11.6. The molecule has 1 atom stereocenters. The number of amides is 1. The van der Waals surface area contributed by atoms with E-state index in [0.717, 1.165) is 44.0 Å². The fourth-order valence-corrected chi connectivity index (χ4v) is 4.27. The van der Waals surface area contributed by atoms with Gasteiger partial charge >= 0.3 is 0 Å². The van der Waals surface area contributed by atoms with Crippen LogP contribution in [0.25, 0.3) is 11.2 Å². The molecule has 1 amide bonds. The van der Waals surface area contributed by atoms with Crippen LogP contribution >= 0.6 is 0 Å². The normalized spacial score (nSPS) is 15.3. The second-order valence-electron chi connectivity index (χ2n) is 8.90. The van der Waals surface area contributed by atoms with Crippen molar-refractivity contribution in [2.45, 2.75) is 12.5 Å². The predicted octanol–water partition coefficient (Wildman–Crippen LogP) is 4.15. The lowest BCUT2D eigenvalue weighted by Crippen LogP contribution is -2.28. The quantitative estimate of drug-likeness (QED) is 0.218. The summed E-state index contributed by atoms with van der Waals surface area (Å²) in [6.07, 6.45) is 3.85. The Morgan fingerprint density at radius 1 is 1.18 bits per heavy atom. The number of fused-ring (bicyclic) bond motifs is 1. The monoisotopic (exact) mass is 514 g/mol. The number of hydrogen-bond acceptors (Lipinski definition) is 9. The number of H-pyrrole nitrogens is 1. The molecule has 1 fully saturated rings. The molecular formula is C27H30N8O3. The third-order valence-corrected chi connectivity index (χ3v) is 6.15. The predicted molar refractivity (Wildman–Crippen MR) is 147 cm³/mol. The SMILES string of the molecule is C=CC(=O)Nc1cccc(Oc2nc(Nc3ccc(NC4CCN(CCOC)C4)cc3)nc3nc[nH]c23)c1. The molecule has 0 saturated carbocycles. The first-order valence-corrected chi connectivity index (χ1v) is 12.4. The third-order valence-electron chi connectivity index (χ3n) is 6.15. The van der Waals surface area contributed by atoms with Gasteiger partial charge in [0.15, 0.2) is 5.65 Å². The van der Waals surface area contributed by atoms with Gasteiger partial charge in [-0.2, -0.15) is 9.97 Å². The Bertz CT molecular complexity index is 1410. The number of aromatic amines is 1. The number of carbonyl (C=O) groups is 1. The number of rotatable bonds is 11. The van der Waals surface area contributed by atoms with Crippen molar-refractivity contribution < 1.29 is 14.3 Å². The topological polar surface area (TPSA) is 129 Å². The molecule has 4 N–H and O–H groups in total. The van der Waals surface area contributed by atoms with Gasteiger partial charge in [0.2, 0.25) is 11.9 Å². The highest BCUT2D eigenvalue weighted by Gasteiger charge is 2.21. The highest BCUT2D eigenvalue weighted by Crippen LogP contribution is 2.29. The lowest BCUT2D eigenvalue weighted by Gasteiger charge is -2.17. The molecule has 38 heavy (non-hydrogen) atoms. The highest BCUT2D eigenvalue weighted by atomic mass is 16.5. The molecule has 0 spiro atoms. The molecule has 3 heterocycles. The smallest absolute Gasteiger partial charge is 0.250 e. The highest BCUT2D eigenvalue weighted by molar-refractivity contribution is 5.99. The molecule has 0 bridgehead atoms. The summed E-state index contributed by atoms with van der Waals surface area (Å²) in [6, 6.07) is 15.4. The average Bonchev–Trinajstić information content (AvgIpc) is 3.58. The first kappa shape index (κ1) is 25.2.